The molecule has 1 rings (SSSR count). The van der Waals surface area contributed by atoms with Crippen molar-refractivity contribution in [3.05, 3.63) is 28.2 Å². The Labute approximate surface area is 111 Å². The van der Waals surface area contributed by atoms with Crippen molar-refractivity contribution in [2.24, 2.45) is 5.84 Å². The van der Waals surface area contributed by atoms with Gasteiger partial charge in [0, 0.05) is 10.0 Å². The first kappa shape index (κ1) is 14.4. The van der Waals surface area contributed by atoms with Crippen LogP contribution in [-0.4, -0.2) is 19.8 Å². The summed E-state index contributed by atoms with van der Waals surface area (Å²) in [5.41, 5.74) is 3.73. The van der Waals surface area contributed by atoms with E-state index in [0.717, 1.165) is 15.8 Å². The van der Waals surface area contributed by atoms with E-state index in [2.05, 4.69) is 21.4 Å². The van der Waals surface area contributed by atoms with E-state index in [4.69, 9.17) is 15.3 Å². The monoisotopic (exact) mass is 302 g/mol. The Morgan fingerprint density at radius 2 is 2.12 bits per heavy atom. The molecule has 0 spiro atoms. The third-order valence-corrected chi connectivity index (χ3v) is 2.86. The first-order valence-corrected chi connectivity index (χ1v) is 6.29. The molecule has 0 amide bonds. The Morgan fingerprint density at radius 3 is 2.65 bits per heavy atom. The summed E-state index contributed by atoms with van der Waals surface area (Å²) in [4.78, 5) is 0. The molecule has 0 saturated heterocycles. The van der Waals surface area contributed by atoms with Crippen LogP contribution in [0, 0.1) is 0 Å². The van der Waals surface area contributed by atoms with Crippen molar-refractivity contribution in [3.8, 4) is 5.75 Å². The summed E-state index contributed by atoms with van der Waals surface area (Å²) in [5.74, 6) is 6.34. The zero-order valence-electron chi connectivity index (χ0n) is 10.4. The number of nitrogens with one attached hydrogen (secondary N) is 1. The topological polar surface area (TPSA) is 56.5 Å². The SMILES string of the molecule is COc1cc(Br)ccc1C(COC(C)C)NN. The van der Waals surface area contributed by atoms with Crippen LogP contribution in [0.4, 0.5) is 0 Å². The van der Waals surface area contributed by atoms with Crippen molar-refractivity contribution in [1.82, 2.24) is 5.43 Å². The molecule has 0 heterocycles. The van der Waals surface area contributed by atoms with Gasteiger partial charge < -0.3 is 9.47 Å². The van der Waals surface area contributed by atoms with Crippen LogP contribution >= 0.6 is 15.9 Å². The molecule has 0 aromatic heterocycles. The fraction of sp³-hybridized carbons (Fsp3) is 0.500. The van der Waals surface area contributed by atoms with Crippen molar-refractivity contribution in [3.63, 3.8) is 0 Å². The molecular weight excluding hydrogens is 284 g/mol. The fourth-order valence-electron chi connectivity index (χ4n) is 1.49. The van der Waals surface area contributed by atoms with Gasteiger partial charge in [-0.25, -0.2) is 0 Å². The summed E-state index contributed by atoms with van der Waals surface area (Å²) < 4.78 is 11.9. The van der Waals surface area contributed by atoms with E-state index in [0.29, 0.717) is 6.61 Å². The molecule has 0 bridgehead atoms. The Hall–Kier alpha value is -0.620. The number of halogens is 1. The molecule has 0 aliphatic heterocycles. The predicted molar refractivity (Wildman–Crippen MR) is 71.8 cm³/mol. The van der Waals surface area contributed by atoms with Crippen LogP contribution in [0.25, 0.3) is 0 Å². The second-order valence-electron chi connectivity index (χ2n) is 3.99. The van der Waals surface area contributed by atoms with Crippen LogP contribution in [0.3, 0.4) is 0 Å². The van der Waals surface area contributed by atoms with Gasteiger partial charge in [0.1, 0.15) is 5.75 Å². The molecule has 5 heteroatoms. The third kappa shape index (κ3) is 4.27. The number of rotatable bonds is 6. The van der Waals surface area contributed by atoms with Crippen LogP contribution in [0.5, 0.6) is 5.75 Å². The van der Waals surface area contributed by atoms with E-state index in [1.807, 2.05) is 32.0 Å². The average molecular weight is 303 g/mol. The van der Waals surface area contributed by atoms with Crippen LogP contribution in [-0.2, 0) is 4.74 Å². The van der Waals surface area contributed by atoms with Gasteiger partial charge in [-0.3, -0.25) is 11.3 Å². The van der Waals surface area contributed by atoms with Gasteiger partial charge in [0.05, 0.1) is 25.9 Å². The molecule has 0 fully saturated rings. The molecule has 0 saturated carbocycles. The molecule has 0 aliphatic rings. The van der Waals surface area contributed by atoms with E-state index in [9.17, 15) is 0 Å². The number of nitrogens with two attached hydrogens (primary N) is 1. The highest BCUT2D eigenvalue weighted by molar-refractivity contribution is 9.10. The number of hydrazine groups is 1. The largest absolute Gasteiger partial charge is 0.496 e. The van der Waals surface area contributed by atoms with E-state index >= 15 is 0 Å². The highest BCUT2D eigenvalue weighted by Gasteiger charge is 2.15. The van der Waals surface area contributed by atoms with Gasteiger partial charge in [-0.1, -0.05) is 22.0 Å². The molecule has 0 aliphatic carbocycles. The first-order valence-electron chi connectivity index (χ1n) is 5.49. The molecule has 4 nitrogen and oxygen atoms in total. The minimum Gasteiger partial charge on any atom is -0.496 e. The summed E-state index contributed by atoms with van der Waals surface area (Å²) >= 11 is 3.41. The van der Waals surface area contributed by atoms with Crippen LogP contribution < -0.4 is 16.0 Å². The van der Waals surface area contributed by atoms with E-state index in [-0.39, 0.29) is 12.1 Å². The maximum atomic E-state index is 5.57. The minimum atomic E-state index is -0.0829. The molecule has 96 valence electrons. The van der Waals surface area contributed by atoms with Gasteiger partial charge in [0.2, 0.25) is 0 Å². The summed E-state index contributed by atoms with van der Waals surface area (Å²) in [6.45, 7) is 4.49. The standard InChI is InChI=1S/C12H19BrN2O2/c1-8(2)17-7-11(15-14)10-5-4-9(13)6-12(10)16-3/h4-6,8,11,15H,7,14H2,1-3H3. The Bertz CT molecular complexity index is 358. The number of ether oxygens (including phenoxy) is 2. The van der Waals surface area contributed by atoms with Gasteiger partial charge in [0.25, 0.3) is 0 Å². The number of hydrogen-bond donors (Lipinski definition) is 2. The number of benzene rings is 1. The smallest absolute Gasteiger partial charge is 0.124 e. The summed E-state index contributed by atoms with van der Waals surface area (Å²) in [5, 5.41) is 0. The highest BCUT2D eigenvalue weighted by Crippen LogP contribution is 2.28. The van der Waals surface area contributed by atoms with Gasteiger partial charge in [-0.15, -0.1) is 0 Å². The lowest BCUT2D eigenvalue weighted by Gasteiger charge is -2.20. The van der Waals surface area contributed by atoms with Crippen LogP contribution in [0.2, 0.25) is 0 Å². The molecular formula is C12H19BrN2O2. The highest BCUT2D eigenvalue weighted by atomic mass is 79.9. The molecule has 1 unspecified atom stereocenters. The minimum absolute atomic E-state index is 0.0829. The predicted octanol–water partition coefficient (Wildman–Crippen LogP) is 2.39. The molecule has 0 radical (unpaired) electrons. The van der Waals surface area contributed by atoms with Crippen molar-refractivity contribution >= 4 is 15.9 Å². The number of hydrogen-bond acceptors (Lipinski definition) is 4. The van der Waals surface area contributed by atoms with Crippen molar-refractivity contribution in [1.29, 1.82) is 0 Å². The van der Waals surface area contributed by atoms with Gasteiger partial charge in [0.15, 0.2) is 0 Å². The van der Waals surface area contributed by atoms with Crippen LogP contribution in [0.1, 0.15) is 25.5 Å². The normalized spacial score (nSPS) is 12.8. The second kappa shape index (κ2) is 6.96. The summed E-state index contributed by atoms with van der Waals surface area (Å²) in [6.07, 6.45) is 0.173. The maximum Gasteiger partial charge on any atom is 0.124 e. The lowest BCUT2D eigenvalue weighted by molar-refractivity contribution is 0.0606. The second-order valence-corrected chi connectivity index (χ2v) is 4.90. The molecule has 1 aromatic rings. The van der Waals surface area contributed by atoms with Crippen LogP contribution in [0.15, 0.2) is 22.7 Å². The molecule has 3 N–H and O–H groups in total. The van der Waals surface area contributed by atoms with Gasteiger partial charge in [-0.05, 0) is 26.0 Å². The zero-order chi connectivity index (χ0) is 12.8. The van der Waals surface area contributed by atoms with E-state index in [1.54, 1.807) is 7.11 Å². The third-order valence-electron chi connectivity index (χ3n) is 2.37. The quantitative estimate of drug-likeness (QED) is 0.626. The summed E-state index contributed by atoms with van der Waals surface area (Å²) in [6, 6.07) is 5.75. The Balaban J connectivity index is 2.87. The van der Waals surface area contributed by atoms with E-state index in [1.165, 1.54) is 0 Å². The van der Waals surface area contributed by atoms with Crippen molar-refractivity contribution in [2.45, 2.75) is 26.0 Å². The molecule has 1 aromatic carbocycles. The van der Waals surface area contributed by atoms with Crippen molar-refractivity contribution in [2.75, 3.05) is 13.7 Å². The van der Waals surface area contributed by atoms with Gasteiger partial charge in [-0.2, -0.15) is 0 Å². The maximum absolute atomic E-state index is 5.57. The Morgan fingerprint density at radius 1 is 1.41 bits per heavy atom. The first-order chi connectivity index (χ1) is 8.08. The fourth-order valence-corrected chi connectivity index (χ4v) is 1.83. The molecule has 17 heavy (non-hydrogen) atoms. The average Bonchev–Trinajstić information content (AvgIpc) is 2.30. The lowest BCUT2D eigenvalue weighted by atomic mass is 10.1. The summed E-state index contributed by atoms with van der Waals surface area (Å²) in [7, 11) is 1.64. The Kier molecular flexibility index (Phi) is 5.91. The van der Waals surface area contributed by atoms with Gasteiger partial charge >= 0.3 is 0 Å². The lowest BCUT2D eigenvalue weighted by Crippen LogP contribution is -2.32. The van der Waals surface area contributed by atoms with E-state index < -0.39 is 0 Å². The molecule has 1 atom stereocenters. The number of methoxy groups -OCH3 is 1. The van der Waals surface area contributed by atoms with Crippen molar-refractivity contribution < 1.29 is 9.47 Å². The zero-order valence-corrected chi connectivity index (χ0v) is 12.0.